The van der Waals surface area contributed by atoms with E-state index in [0.29, 0.717) is 5.92 Å². The van der Waals surface area contributed by atoms with E-state index in [1.54, 1.807) is 4.90 Å². The molecule has 0 N–H and O–H groups in total. The monoisotopic (exact) mass is 195 g/mol. The molecule has 1 aliphatic heterocycles. The molecule has 1 amide bonds. The largest absolute Gasteiger partial charge is 0.307 e. The van der Waals surface area contributed by atoms with Crippen molar-refractivity contribution in [1.29, 1.82) is 0 Å². The van der Waals surface area contributed by atoms with E-state index in [-0.39, 0.29) is 5.24 Å². The molecule has 3 heteroatoms. The van der Waals surface area contributed by atoms with Crippen LogP contribution < -0.4 is 0 Å². The third kappa shape index (κ3) is 1.66. The van der Waals surface area contributed by atoms with Crippen molar-refractivity contribution in [3.8, 4) is 0 Å². The third-order valence-electron chi connectivity index (χ3n) is 2.72. The second-order valence-corrected chi connectivity index (χ2v) is 3.91. The van der Waals surface area contributed by atoms with Gasteiger partial charge in [-0.25, -0.2) is 0 Å². The lowest BCUT2D eigenvalue weighted by Crippen LogP contribution is -2.35. The van der Waals surface area contributed by atoms with Crippen molar-refractivity contribution in [1.82, 2.24) is 4.90 Å². The maximum absolute atomic E-state index is 11.2. The molecule has 2 nitrogen and oxygen atoms in total. The maximum atomic E-state index is 11.2. The minimum Gasteiger partial charge on any atom is -0.307 e. The van der Waals surface area contributed by atoms with Crippen LogP contribution in [0.1, 0.15) is 19.3 Å². The molecule has 13 heavy (non-hydrogen) atoms. The number of thiol groups is 1. The summed E-state index contributed by atoms with van der Waals surface area (Å²) in [6.07, 6.45) is 9.61. The molecule has 0 aromatic rings. The lowest BCUT2D eigenvalue weighted by Gasteiger charge is -2.35. The van der Waals surface area contributed by atoms with Gasteiger partial charge in [0.15, 0.2) is 0 Å². The smallest absolute Gasteiger partial charge is 0.282 e. The van der Waals surface area contributed by atoms with Gasteiger partial charge in [0.25, 0.3) is 5.24 Å². The highest BCUT2D eigenvalue weighted by atomic mass is 32.1. The van der Waals surface area contributed by atoms with Gasteiger partial charge >= 0.3 is 0 Å². The number of allylic oxidation sites excluding steroid dienone is 4. The third-order valence-corrected chi connectivity index (χ3v) is 2.96. The molecule has 1 atom stereocenters. The fourth-order valence-electron chi connectivity index (χ4n) is 2.07. The Morgan fingerprint density at radius 2 is 2.46 bits per heavy atom. The Morgan fingerprint density at radius 1 is 1.62 bits per heavy atom. The molecule has 1 unspecified atom stereocenters. The van der Waals surface area contributed by atoms with E-state index in [9.17, 15) is 4.79 Å². The van der Waals surface area contributed by atoms with E-state index in [2.05, 4.69) is 18.7 Å². The SMILES string of the molecule is O=C(S)N1CCCC2CC=CC=C21. The minimum absolute atomic E-state index is 0.119. The molecule has 2 rings (SSSR count). The number of carbonyl (C=O) groups excluding carboxylic acids is 1. The van der Waals surface area contributed by atoms with Gasteiger partial charge in [0, 0.05) is 18.2 Å². The molecule has 1 saturated heterocycles. The zero-order valence-corrected chi connectivity index (χ0v) is 8.33. The molecular formula is C10H13NOS. The van der Waals surface area contributed by atoms with E-state index >= 15 is 0 Å². The number of hydrogen-bond acceptors (Lipinski definition) is 1. The van der Waals surface area contributed by atoms with Gasteiger partial charge in [-0.15, -0.1) is 0 Å². The van der Waals surface area contributed by atoms with Crippen LogP contribution in [0.5, 0.6) is 0 Å². The van der Waals surface area contributed by atoms with Crippen LogP contribution >= 0.6 is 12.6 Å². The van der Waals surface area contributed by atoms with Gasteiger partial charge in [-0.1, -0.05) is 24.8 Å². The lowest BCUT2D eigenvalue weighted by molar-refractivity contribution is 0.216. The number of carbonyl (C=O) groups is 1. The highest BCUT2D eigenvalue weighted by Gasteiger charge is 2.27. The Kier molecular flexibility index (Phi) is 2.44. The van der Waals surface area contributed by atoms with E-state index in [1.165, 1.54) is 6.42 Å². The second-order valence-electron chi connectivity index (χ2n) is 3.53. The molecule has 70 valence electrons. The predicted molar refractivity (Wildman–Crippen MR) is 55.7 cm³/mol. The number of rotatable bonds is 0. The molecule has 1 fully saturated rings. The summed E-state index contributed by atoms with van der Waals surface area (Å²) in [6.45, 7) is 0.832. The van der Waals surface area contributed by atoms with Crippen LogP contribution in [0.2, 0.25) is 0 Å². The number of amides is 1. The topological polar surface area (TPSA) is 20.3 Å². The minimum atomic E-state index is -0.119. The Balaban J connectivity index is 2.24. The van der Waals surface area contributed by atoms with E-state index in [4.69, 9.17) is 0 Å². The molecular weight excluding hydrogens is 182 g/mol. The fraction of sp³-hybridized carbons (Fsp3) is 0.500. The summed E-state index contributed by atoms with van der Waals surface area (Å²) in [5.41, 5.74) is 1.16. The van der Waals surface area contributed by atoms with Crippen LogP contribution in [-0.4, -0.2) is 16.7 Å². The second kappa shape index (κ2) is 3.58. The Morgan fingerprint density at radius 3 is 3.23 bits per heavy atom. The van der Waals surface area contributed by atoms with Gasteiger partial charge in [-0.05, 0) is 25.3 Å². The highest BCUT2D eigenvalue weighted by molar-refractivity contribution is 7.96. The van der Waals surface area contributed by atoms with Crippen molar-refractivity contribution in [2.24, 2.45) is 5.92 Å². The molecule has 0 saturated carbocycles. The van der Waals surface area contributed by atoms with Crippen LogP contribution in [0.3, 0.4) is 0 Å². The quantitative estimate of drug-likeness (QED) is 0.589. The molecule has 1 heterocycles. The van der Waals surface area contributed by atoms with Gasteiger partial charge < -0.3 is 4.90 Å². The summed E-state index contributed by atoms with van der Waals surface area (Å²) in [5.74, 6) is 0.551. The van der Waals surface area contributed by atoms with Crippen LogP contribution in [-0.2, 0) is 0 Å². The van der Waals surface area contributed by atoms with Crippen molar-refractivity contribution < 1.29 is 4.79 Å². The number of hydrogen-bond donors (Lipinski definition) is 1. The van der Waals surface area contributed by atoms with Gasteiger partial charge in [-0.3, -0.25) is 4.79 Å². The Hall–Kier alpha value is -0.700. The first-order valence-corrected chi connectivity index (χ1v) is 5.11. The highest BCUT2D eigenvalue weighted by Crippen LogP contribution is 2.32. The first kappa shape index (κ1) is 8.88. The van der Waals surface area contributed by atoms with Crippen molar-refractivity contribution in [3.05, 3.63) is 23.9 Å². The van der Waals surface area contributed by atoms with Crippen molar-refractivity contribution in [2.75, 3.05) is 6.54 Å². The molecule has 0 bridgehead atoms. The number of nitrogens with zero attached hydrogens (tertiary/aromatic N) is 1. The molecule has 0 spiro atoms. The number of fused-ring (bicyclic) bond motifs is 1. The lowest BCUT2D eigenvalue weighted by atomic mass is 9.88. The van der Waals surface area contributed by atoms with Crippen LogP contribution in [0.25, 0.3) is 0 Å². The summed E-state index contributed by atoms with van der Waals surface area (Å²) in [7, 11) is 0. The van der Waals surface area contributed by atoms with Crippen LogP contribution in [0.15, 0.2) is 23.9 Å². The summed E-state index contributed by atoms with van der Waals surface area (Å²) in [5, 5.41) is -0.119. The van der Waals surface area contributed by atoms with Crippen molar-refractivity contribution in [2.45, 2.75) is 19.3 Å². The first-order chi connectivity index (χ1) is 6.29. The first-order valence-electron chi connectivity index (χ1n) is 4.66. The van der Waals surface area contributed by atoms with Crippen molar-refractivity contribution in [3.63, 3.8) is 0 Å². The van der Waals surface area contributed by atoms with Gasteiger partial charge in [0.2, 0.25) is 0 Å². The predicted octanol–water partition coefficient (Wildman–Crippen LogP) is 2.59. The summed E-state index contributed by atoms with van der Waals surface area (Å²) >= 11 is 3.88. The van der Waals surface area contributed by atoms with Crippen LogP contribution in [0, 0.1) is 5.92 Å². The summed E-state index contributed by atoms with van der Waals surface area (Å²) in [6, 6.07) is 0. The standard InChI is InChI=1S/C10H13NOS/c12-10(13)11-7-3-5-8-4-1-2-6-9(8)11/h1-2,6,8H,3-5,7H2,(H,12,13). The van der Waals surface area contributed by atoms with Gasteiger partial charge in [-0.2, -0.15) is 0 Å². The Labute approximate surface area is 83.7 Å². The van der Waals surface area contributed by atoms with E-state index in [1.807, 2.05) is 12.2 Å². The zero-order valence-electron chi connectivity index (χ0n) is 7.44. The normalized spacial score (nSPS) is 26.7. The Bertz CT molecular complexity index is 283. The maximum Gasteiger partial charge on any atom is 0.282 e. The molecule has 0 aromatic heterocycles. The number of piperidine rings is 1. The van der Waals surface area contributed by atoms with Crippen LogP contribution in [0.4, 0.5) is 4.79 Å². The van der Waals surface area contributed by atoms with E-state index < -0.39 is 0 Å². The number of likely N-dealkylation sites (tertiary alicyclic amines) is 1. The average Bonchev–Trinajstić information content (AvgIpc) is 2.17. The molecule has 1 aliphatic carbocycles. The summed E-state index contributed by atoms with van der Waals surface area (Å²) in [4.78, 5) is 13.0. The van der Waals surface area contributed by atoms with Gasteiger partial charge in [0.05, 0.1) is 0 Å². The summed E-state index contributed by atoms with van der Waals surface area (Å²) < 4.78 is 0. The van der Waals surface area contributed by atoms with Crippen molar-refractivity contribution >= 4 is 17.9 Å². The van der Waals surface area contributed by atoms with E-state index in [0.717, 1.165) is 25.1 Å². The molecule has 0 aromatic carbocycles. The average molecular weight is 195 g/mol. The molecule has 2 aliphatic rings. The fourth-order valence-corrected chi connectivity index (χ4v) is 2.29. The molecule has 0 radical (unpaired) electrons. The van der Waals surface area contributed by atoms with Gasteiger partial charge in [0.1, 0.15) is 0 Å². The zero-order chi connectivity index (χ0) is 9.26.